The van der Waals surface area contributed by atoms with Gasteiger partial charge >= 0.3 is 0 Å². The molecule has 1 aromatic carbocycles. The van der Waals surface area contributed by atoms with E-state index in [9.17, 15) is 0 Å². The van der Waals surface area contributed by atoms with Crippen molar-refractivity contribution in [3.05, 3.63) is 34.9 Å². The minimum absolute atomic E-state index is 0.111. The molecule has 1 heterocycles. The van der Waals surface area contributed by atoms with Gasteiger partial charge in [0.25, 0.3) is 0 Å². The second-order valence-corrected chi connectivity index (χ2v) is 7.00. The first-order valence-electron chi connectivity index (χ1n) is 7.14. The molecule has 0 aliphatic carbocycles. The number of nitrogens with zero attached hydrogens (tertiary/aromatic N) is 1. The predicted molar refractivity (Wildman–Crippen MR) is 82.4 cm³/mol. The summed E-state index contributed by atoms with van der Waals surface area (Å²) in [5, 5.41) is 0.792. The lowest BCUT2D eigenvalue weighted by Gasteiger charge is -2.42. The van der Waals surface area contributed by atoms with Gasteiger partial charge in [0, 0.05) is 17.1 Å². The van der Waals surface area contributed by atoms with Crippen LogP contribution in [0.2, 0.25) is 5.02 Å². The van der Waals surface area contributed by atoms with Crippen LogP contribution in [0.15, 0.2) is 24.3 Å². The fraction of sp³-hybridized carbons (Fsp3) is 0.625. The third-order valence-electron chi connectivity index (χ3n) is 4.23. The van der Waals surface area contributed by atoms with Gasteiger partial charge in [-0.25, -0.2) is 0 Å². The van der Waals surface area contributed by atoms with Gasteiger partial charge in [0.05, 0.1) is 0 Å². The Hall–Kier alpha value is -0.570. The molecule has 0 aromatic heterocycles. The number of piperidine rings is 1. The van der Waals surface area contributed by atoms with Crippen molar-refractivity contribution in [1.82, 2.24) is 4.90 Å². The van der Waals surface area contributed by atoms with E-state index in [2.05, 4.69) is 37.8 Å². The second-order valence-electron chi connectivity index (χ2n) is 6.56. The molecule has 0 spiro atoms. The number of benzene rings is 1. The van der Waals surface area contributed by atoms with Gasteiger partial charge in [-0.05, 0) is 56.0 Å². The van der Waals surface area contributed by atoms with Gasteiger partial charge in [0.1, 0.15) is 0 Å². The molecule has 1 aromatic rings. The minimum Gasteiger partial charge on any atom is -0.326 e. The number of halogens is 1. The Morgan fingerprint density at radius 2 is 1.89 bits per heavy atom. The van der Waals surface area contributed by atoms with E-state index in [4.69, 9.17) is 17.3 Å². The summed E-state index contributed by atoms with van der Waals surface area (Å²) in [6.45, 7) is 9.03. The highest BCUT2D eigenvalue weighted by Crippen LogP contribution is 2.35. The smallest absolute Gasteiger partial charge is 0.0497 e. The first kappa shape index (κ1) is 14.8. The molecule has 106 valence electrons. The Bertz CT molecular complexity index is 419. The summed E-state index contributed by atoms with van der Waals surface area (Å²) in [6.07, 6.45) is 2.47. The van der Waals surface area contributed by atoms with E-state index >= 15 is 0 Å². The summed E-state index contributed by atoms with van der Waals surface area (Å²) in [5.74, 6) is 0. The summed E-state index contributed by atoms with van der Waals surface area (Å²) >= 11 is 6.12. The minimum atomic E-state index is 0.111. The van der Waals surface area contributed by atoms with Crippen LogP contribution in [0.4, 0.5) is 0 Å². The maximum absolute atomic E-state index is 6.23. The average Bonchev–Trinajstić information content (AvgIpc) is 2.31. The van der Waals surface area contributed by atoms with Crippen molar-refractivity contribution >= 4 is 11.6 Å². The Balaban J connectivity index is 2.18. The number of hydrogen-bond donors (Lipinski definition) is 1. The fourth-order valence-corrected chi connectivity index (χ4v) is 3.14. The molecule has 2 unspecified atom stereocenters. The standard InChI is InChI=1S/C16H25ClN2/c1-12(18)15(13-5-4-6-14(17)11-13)19-9-7-16(2,3)8-10-19/h4-6,11-12,15H,7-10,18H2,1-3H3. The van der Waals surface area contributed by atoms with Crippen LogP contribution in [0, 0.1) is 5.41 Å². The molecule has 19 heavy (non-hydrogen) atoms. The maximum Gasteiger partial charge on any atom is 0.0497 e. The van der Waals surface area contributed by atoms with Crippen LogP contribution in [0.3, 0.4) is 0 Å². The quantitative estimate of drug-likeness (QED) is 0.911. The first-order chi connectivity index (χ1) is 8.89. The van der Waals surface area contributed by atoms with Gasteiger partial charge in [-0.1, -0.05) is 37.6 Å². The van der Waals surface area contributed by atoms with E-state index in [0.717, 1.165) is 18.1 Å². The zero-order chi connectivity index (χ0) is 14.0. The average molecular weight is 281 g/mol. The highest BCUT2D eigenvalue weighted by molar-refractivity contribution is 6.30. The Morgan fingerprint density at radius 3 is 2.42 bits per heavy atom. The number of rotatable bonds is 3. The second kappa shape index (κ2) is 5.82. The fourth-order valence-electron chi connectivity index (χ4n) is 2.94. The Kier molecular flexibility index (Phi) is 4.54. The third-order valence-corrected chi connectivity index (χ3v) is 4.47. The first-order valence-corrected chi connectivity index (χ1v) is 7.52. The molecular formula is C16H25ClN2. The molecule has 1 aliphatic heterocycles. The highest BCUT2D eigenvalue weighted by atomic mass is 35.5. The van der Waals surface area contributed by atoms with Gasteiger partial charge in [-0.3, -0.25) is 4.90 Å². The summed E-state index contributed by atoms with van der Waals surface area (Å²) < 4.78 is 0. The molecule has 0 saturated carbocycles. The van der Waals surface area contributed by atoms with Gasteiger partial charge in [0.2, 0.25) is 0 Å². The summed E-state index contributed by atoms with van der Waals surface area (Å²) in [7, 11) is 0. The van der Waals surface area contributed by atoms with Gasteiger partial charge in [0.15, 0.2) is 0 Å². The highest BCUT2D eigenvalue weighted by Gasteiger charge is 2.31. The topological polar surface area (TPSA) is 29.3 Å². The number of hydrogen-bond acceptors (Lipinski definition) is 2. The van der Waals surface area contributed by atoms with E-state index in [-0.39, 0.29) is 12.1 Å². The van der Waals surface area contributed by atoms with Gasteiger partial charge in [-0.15, -0.1) is 0 Å². The SMILES string of the molecule is CC(N)C(c1cccc(Cl)c1)N1CCC(C)(C)CC1. The van der Waals surface area contributed by atoms with E-state index in [1.54, 1.807) is 0 Å². The Morgan fingerprint density at radius 1 is 1.26 bits per heavy atom. The molecule has 1 saturated heterocycles. The van der Waals surface area contributed by atoms with Crippen molar-refractivity contribution in [2.45, 2.75) is 45.7 Å². The van der Waals surface area contributed by atoms with E-state index in [0.29, 0.717) is 5.41 Å². The summed E-state index contributed by atoms with van der Waals surface area (Å²) in [6, 6.07) is 8.51. The molecule has 2 atom stereocenters. The van der Waals surface area contributed by atoms with Crippen LogP contribution < -0.4 is 5.73 Å². The van der Waals surface area contributed by atoms with E-state index < -0.39 is 0 Å². The summed E-state index contributed by atoms with van der Waals surface area (Å²) in [5.41, 5.74) is 7.94. The van der Waals surface area contributed by atoms with Crippen LogP contribution in [0.25, 0.3) is 0 Å². The van der Waals surface area contributed by atoms with Crippen LogP contribution in [0.5, 0.6) is 0 Å². The van der Waals surface area contributed by atoms with Crippen LogP contribution in [0.1, 0.15) is 45.2 Å². The van der Waals surface area contributed by atoms with Crippen molar-refractivity contribution in [1.29, 1.82) is 0 Å². The normalized spacial score (nSPS) is 23.0. The van der Waals surface area contributed by atoms with Crippen molar-refractivity contribution in [3.8, 4) is 0 Å². The monoisotopic (exact) mass is 280 g/mol. The zero-order valence-corrected chi connectivity index (χ0v) is 13.0. The lowest BCUT2D eigenvalue weighted by molar-refractivity contribution is 0.0842. The van der Waals surface area contributed by atoms with Crippen molar-refractivity contribution < 1.29 is 0 Å². The third kappa shape index (κ3) is 3.71. The molecular weight excluding hydrogens is 256 g/mol. The molecule has 2 rings (SSSR count). The van der Waals surface area contributed by atoms with Crippen molar-refractivity contribution in [2.24, 2.45) is 11.1 Å². The van der Waals surface area contributed by atoms with E-state index in [1.807, 2.05) is 12.1 Å². The molecule has 2 nitrogen and oxygen atoms in total. The molecule has 1 aliphatic rings. The summed E-state index contributed by atoms with van der Waals surface area (Å²) in [4.78, 5) is 2.52. The maximum atomic E-state index is 6.23. The predicted octanol–water partition coefficient (Wildman–Crippen LogP) is 3.85. The van der Waals surface area contributed by atoms with E-state index in [1.165, 1.54) is 18.4 Å². The van der Waals surface area contributed by atoms with Crippen LogP contribution in [-0.4, -0.2) is 24.0 Å². The van der Waals surface area contributed by atoms with Gasteiger partial charge in [-0.2, -0.15) is 0 Å². The lowest BCUT2D eigenvalue weighted by atomic mass is 9.81. The number of nitrogens with two attached hydrogens (primary N) is 1. The molecule has 1 fully saturated rings. The number of likely N-dealkylation sites (tertiary alicyclic amines) is 1. The lowest BCUT2D eigenvalue weighted by Crippen LogP contribution is -2.45. The zero-order valence-electron chi connectivity index (χ0n) is 12.2. The molecule has 0 amide bonds. The molecule has 0 radical (unpaired) electrons. The van der Waals surface area contributed by atoms with Gasteiger partial charge < -0.3 is 5.73 Å². The van der Waals surface area contributed by atoms with Crippen LogP contribution in [-0.2, 0) is 0 Å². The Labute approximate surface area is 121 Å². The molecule has 0 bridgehead atoms. The van der Waals surface area contributed by atoms with Crippen molar-refractivity contribution in [2.75, 3.05) is 13.1 Å². The van der Waals surface area contributed by atoms with Crippen LogP contribution >= 0.6 is 11.6 Å². The largest absolute Gasteiger partial charge is 0.326 e. The van der Waals surface area contributed by atoms with Crippen molar-refractivity contribution in [3.63, 3.8) is 0 Å². The molecule has 2 N–H and O–H groups in total. The molecule has 3 heteroatoms.